The van der Waals surface area contributed by atoms with Gasteiger partial charge in [0.1, 0.15) is 0 Å². The van der Waals surface area contributed by atoms with Crippen LogP contribution >= 0.6 is 28.3 Å². The van der Waals surface area contributed by atoms with Crippen LogP contribution in [0.15, 0.2) is 11.1 Å². The molecule has 4 nitrogen and oxygen atoms in total. The van der Waals surface area contributed by atoms with Crippen LogP contribution in [-0.2, 0) is 9.53 Å². The molecule has 0 radical (unpaired) electrons. The predicted octanol–water partition coefficient (Wildman–Crippen LogP) is 0.811. The highest BCUT2D eigenvalue weighted by molar-refractivity contribution is 9.11. The third-order valence-electron chi connectivity index (χ3n) is 1.91. The van der Waals surface area contributed by atoms with E-state index in [1.807, 2.05) is 0 Å². The van der Waals surface area contributed by atoms with Gasteiger partial charge in [-0.1, -0.05) is 22.5 Å². The van der Waals surface area contributed by atoms with Crippen LogP contribution in [0.3, 0.4) is 0 Å². The molecule has 1 heterocycles. The summed E-state index contributed by atoms with van der Waals surface area (Å²) in [4.78, 5) is 11.3. The summed E-state index contributed by atoms with van der Waals surface area (Å²) in [6.45, 7) is 6.28. The maximum atomic E-state index is 11.3. The maximum Gasteiger partial charge on any atom is 0.221 e. The third kappa shape index (κ3) is 6.89. The van der Waals surface area contributed by atoms with Gasteiger partial charge in [-0.2, -0.15) is 0 Å². The molecule has 0 bridgehead atoms. The van der Waals surface area contributed by atoms with Crippen molar-refractivity contribution in [3.63, 3.8) is 0 Å². The Labute approximate surface area is 104 Å². The molecule has 0 aliphatic carbocycles. The summed E-state index contributed by atoms with van der Waals surface area (Å²) in [5, 5.41) is 5.97. The highest BCUT2D eigenvalue weighted by Gasteiger charge is 2.16. The van der Waals surface area contributed by atoms with Crippen LogP contribution in [0.2, 0.25) is 0 Å². The van der Waals surface area contributed by atoms with Gasteiger partial charge < -0.3 is 15.4 Å². The van der Waals surface area contributed by atoms with E-state index < -0.39 is 0 Å². The monoisotopic (exact) mass is 298 g/mol. The Morgan fingerprint density at radius 1 is 1.67 bits per heavy atom. The van der Waals surface area contributed by atoms with Crippen molar-refractivity contribution in [3.05, 3.63) is 11.1 Å². The Morgan fingerprint density at radius 3 is 2.93 bits per heavy atom. The standard InChI is InChI=1S/C9H15BrN2O2.ClH/c1-7(10)5-12-9(13)4-8-6-14-3-2-11-8;/h8,11H,1-6H2,(H,12,13);1H. The lowest BCUT2D eigenvalue weighted by molar-refractivity contribution is -0.122. The zero-order chi connectivity index (χ0) is 10.4. The number of ether oxygens (including phenoxy) is 1. The van der Waals surface area contributed by atoms with Gasteiger partial charge in [0.2, 0.25) is 5.91 Å². The number of carbonyl (C=O) groups excluding carboxylic acids is 1. The molecule has 1 unspecified atom stereocenters. The number of rotatable bonds is 4. The molecule has 0 aromatic rings. The molecule has 15 heavy (non-hydrogen) atoms. The normalized spacial score (nSPS) is 20.2. The molecule has 6 heteroatoms. The van der Waals surface area contributed by atoms with E-state index >= 15 is 0 Å². The molecule has 1 fully saturated rings. The Hall–Kier alpha value is -0.100. The van der Waals surface area contributed by atoms with Crippen LogP contribution in [0.4, 0.5) is 0 Å². The fraction of sp³-hybridized carbons (Fsp3) is 0.667. The van der Waals surface area contributed by atoms with Gasteiger partial charge in [0.25, 0.3) is 0 Å². The van der Waals surface area contributed by atoms with E-state index in [0.29, 0.717) is 19.6 Å². The maximum absolute atomic E-state index is 11.3. The summed E-state index contributed by atoms with van der Waals surface area (Å²) in [6.07, 6.45) is 0.459. The van der Waals surface area contributed by atoms with Crippen LogP contribution in [0.25, 0.3) is 0 Å². The van der Waals surface area contributed by atoms with Crippen LogP contribution in [0, 0.1) is 0 Å². The van der Waals surface area contributed by atoms with Crippen molar-refractivity contribution in [2.75, 3.05) is 26.3 Å². The second kappa shape index (κ2) is 8.10. The minimum absolute atomic E-state index is 0. The Kier molecular flexibility index (Phi) is 8.04. The molecule has 1 amide bonds. The van der Waals surface area contributed by atoms with E-state index in [1.165, 1.54) is 0 Å². The summed E-state index contributed by atoms with van der Waals surface area (Å²) in [6, 6.07) is 0.146. The molecule has 0 saturated carbocycles. The van der Waals surface area contributed by atoms with Crippen LogP contribution in [0.5, 0.6) is 0 Å². The second-order valence-electron chi connectivity index (χ2n) is 3.22. The summed E-state index contributed by atoms with van der Waals surface area (Å²) in [5.41, 5.74) is 0. The molecule has 1 atom stereocenters. The number of amides is 1. The highest BCUT2D eigenvalue weighted by Crippen LogP contribution is 2.00. The quantitative estimate of drug-likeness (QED) is 0.808. The van der Waals surface area contributed by atoms with E-state index in [4.69, 9.17) is 4.74 Å². The lowest BCUT2D eigenvalue weighted by Gasteiger charge is -2.23. The van der Waals surface area contributed by atoms with E-state index in [1.54, 1.807) is 0 Å². The van der Waals surface area contributed by atoms with Crippen LogP contribution < -0.4 is 10.6 Å². The topological polar surface area (TPSA) is 50.4 Å². The SMILES string of the molecule is C=C(Br)CNC(=O)CC1COCCN1.Cl. The number of hydrogen-bond acceptors (Lipinski definition) is 3. The molecule has 1 aliphatic heterocycles. The lowest BCUT2D eigenvalue weighted by Crippen LogP contribution is -2.44. The van der Waals surface area contributed by atoms with Crippen molar-refractivity contribution in [1.82, 2.24) is 10.6 Å². The Bertz CT molecular complexity index is 220. The van der Waals surface area contributed by atoms with E-state index in [-0.39, 0.29) is 24.4 Å². The largest absolute Gasteiger partial charge is 0.378 e. The van der Waals surface area contributed by atoms with Gasteiger partial charge in [-0.05, 0) is 0 Å². The van der Waals surface area contributed by atoms with Gasteiger partial charge in [-0.3, -0.25) is 4.79 Å². The zero-order valence-corrected chi connectivity index (χ0v) is 10.8. The van der Waals surface area contributed by atoms with E-state index in [0.717, 1.165) is 17.6 Å². The number of hydrogen-bond donors (Lipinski definition) is 2. The zero-order valence-electron chi connectivity index (χ0n) is 8.42. The average molecular weight is 300 g/mol. The molecule has 1 aliphatic rings. The molecule has 88 valence electrons. The first-order valence-corrected chi connectivity index (χ1v) is 5.39. The molecule has 1 saturated heterocycles. The number of halogens is 2. The van der Waals surface area contributed by atoms with Gasteiger partial charge in [0.15, 0.2) is 0 Å². The Morgan fingerprint density at radius 2 is 2.40 bits per heavy atom. The third-order valence-corrected chi connectivity index (χ3v) is 2.19. The van der Waals surface area contributed by atoms with Crippen molar-refractivity contribution in [3.8, 4) is 0 Å². The molecular formula is C9H16BrClN2O2. The number of carbonyl (C=O) groups is 1. The van der Waals surface area contributed by atoms with Gasteiger partial charge in [-0.25, -0.2) is 0 Å². The molecule has 1 rings (SSSR count). The second-order valence-corrected chi connectivity index (χ2v) is 4.35. The first-order valence-electron chi connectivity index (χ1n) is 4.59. The summed E-state index contributed by atoms with van der Waals surface area (Å²) >= 11 is 3.18. The van der Waals surface area contributed by atoms with Crippen molar-refractivity contribution in [2.45, 2.75) is 12.5 Å². The van der Waals surface area contributed by atoms with E-state index in [2.05, 4.69) is 33.1 Å². The first-order chi connectivity index (χ1) is 6.68. The summed E-state index contributed by atoms with van der Waals surface area (Å²) in [7, 11) is 0. The van der Waals surface area contributed by atoms with Gasteiger partial charge in [-0.15, -0.1) is 12.4 Å². The molecule has 2 N–H and O–H groups in total. The average Bonchev–Trinajstić information content (AvgIpc) is 2.16. The molecular weight excluding hydrogens is 283 g/mol. The smallest absolute Gasteiger partial charge is 0.221 e. The molecule has 0 aromatic heterocycles. The van der Waals surface area contributed by atoms with Crippen LogP contribution in [-0.4, -0.2) is 38.3 Å². The number of morpholine rings is 1. The fourth-order valence-corrected chi connectivity index (χ4v) is 1.38. The molecule has 0 spiro atoms. The fourth-order valence-electron chi connectivity index (χ4n) is 1.24. The van der Waals surface area contributed by atoms with Crippen LogP contribution in [0.1, 0.15) is 6.42 Å². The summed E-state index contributed by atoms with van der Waals surface area (Å²) < 4.78 is 6.02. The van der Waals surface area contributed by atoms with Crippen molar-refractivity contribution < 1.29 is 9.53 Å². The predicted molar refractivity (Wildman–Crippen MR) is 65.6 cm³/mol. The van der Waals surface area contributed by atoms with Gasteiger partial charge >= 0.3 is 0 Å². The van der Waals surface area contributed by atoms with Crippen molar-refractivity contribution in [1.29, 1.82) is 0 Å². The Balaban J connectivity index is 0.00000196. The molecule has 0 aromatic carbocycles. The van der Waals surface area contributed by atoms with Gasteiger partial charge in [0, 0.05) is 30.0 Å². The van der Waals surface area contributed by atoms with Gasteiger partial charge in [0.05, 0.1) is 13.2 Å². The van der Waals surface area contributed by atoms with Crippen molar-refractivity contribution >= 4 is 34.2 Å². The summed E-state index contributed by atoms with van der Waals surface area (Å²) in [5.74, 6) is 0.0219. The van der Waals surface area contributed by atoms with Crippen molar-refractivity contribution in [2.24, 2.45) is 0 Å². The number of nitrogens with one attached hydrogen (secondary N) is 2. The lowest BCUT2D eigenvalue weighted by atomic mass is 10.2. The highest BCUT2D eigenvalue weighted by atomic mass is 79.9. The first kappa shape index (κ1) is 14.9. The minimum Gasteiger partial charge on any atom is -0.378 e. The van der Waals surface area contributed by atoms with E-state index in [9.17, 15) is 4.79 Å². The minimum atomic E-state index is 0.